The molecular weight excluding hydrogens is 224 g/mol. The summed E-state index contributed by atoms with van der Waals surface area (Å²) in [5.41, 5.74) is 3.43. The van der Waals surface area contributed by atoms with Crippen LogP contribution in [0.5, 0.6) is 5.88 Å². The van der Waals surface area contributed by atoms with Crippen molar-refractivity contribution in [3.63, 3.8) is 0 Å². The molecule has 0 spiro atoms. The second-order valence-corrected chi connectivity index (χ2v) is 4.34. The predicted octanol–water partition coefficient (Wildman–Crippen LogP) is 3.57. The number of aromatic nitrogens is 1. The van der Waals surface area contributed by atoms with Crippen LogP contribution in [-0.2, 0) is 0 Å². The molecule has 94 valence electrons. The lowest BCUT2D eigenvalue weighted by Gasteiger charge is -2.17. The van der Waals surface area contributed by atoms with Gasteiger partial charge < -0.3 is 10.1 Å². The van der Waals surface area contributed by atoms with E-state index in [1.807, 2.05) is 12.1 Å². The summed E-state index contributed by atoms with van der Waals surface area (Å²) in [6.07, 6.45) is 1.72. The zero-order chi connectivity index (χ0) is 13.0. The molecule has 0 aliphatic rings. The fourth-order valence-corrected chi connectivity index (χ4v) is 1.92. The first-order valence-corrected chi connectivity index (χ1v) is 6.03. The molecule has 0 saturated heterocycles. The zero-order valence-corrected chi connectivity index (χ0v) is 11.0. The molecule has 3 nitrogen and oxygen atoms in total. The number of benzene rings is 1. The summed E-state index contributed by atoms with van der Waals surface area (Å²) in [7, 11) is 1.63. The van der Waals surface area contributed by atoms with E-state index >= 15 is 0 Å². The molecule has 2 rings (SSSR count). The molecular formula is C15H18N2O. The van der Waals surface area contributed by atoms with E-state index in [4.69, 9.17) is 4.74 Å². The standard InChI is InChI=1S/C15H18N2O/c1-11-6-4-7-13(10-11)12(2)17-14-8-5-9-16-15(14)18-3/h4-10,12,17H,1-3H3. The van der Waals surface area contributed by atoms with Gasteiger partial charge in [0.15, 0.2) is 0 Å². The molecule has 1 aromatic heterocycles. The number of hydrogen-bond acceptors (Lipinski definition) is 3. The van der Waals surface area contributed by atoms with Gasteiger partial charge in [0.05, 0.1) is 12.8 Å². The Labute approximate surface area is 108 Å². The maximum atomic E-state index is 5.23. The van der Waals surface area contributed by atoms with Gasteiger partial charge in [-0.05, 0) is 31.5 Å². The maximum absolute atomic E-state index is 5.23. The van der Waals surface area contributed by atoms with Crippen LogP contribution in [0.1, 0.15) is 24.1 Å². The predicted molar refractivity (Wildman–Crippen MR) is 74.0 cm³/mol. The smallest absolute Gasteiger partial charge is 0.237 e. The van der Waals surface area contributed by atoms with Crippen molar-refractivity contribution >= 4 is 5.69 Å². The van der Waals surface area contributed by atoms with E-state index in [1.165, 1.54) is 11.1 Å². The minimum atomic E-state index is 0.211. The lowest BCUT2D eigenvalue weighted by molar-refractivity contribution is 0.399. The molecule has 0 fully saturated rings. The molecule has 18 heavy (non-hydrogen) atoms. The highest BCUT2D eigenvalue weighted by Gasteiger charge is 2.09. The molecule has 0 radical (unpaired) electrons. The van der Waals surface area contributed by atoms with Crippen LogP contribution >= 0.6 is 0 Å². The summed E-state index contributed by atoms with van der Waals surface area (Å²) in [6, 6.07) is 12.5. The van der Waals surface area contributed by atoms with Crippen LogP contribution in [0, 0.1) is 6.92 Å². The molecule has 0 saturated carbocycles. The highest BCUT2D eigenvalue weighted by Crippen LogP contribution is 2.25. The maximum Gasteiger partial charge on any atom is 0.237 e. The fourth-order valence-electron chi connectivity index (χ4n) is 1.92. The van der Waals surface area contributed by atoms with Crippen LogP contribution < -0.4 is 10.1 Å². The van der Waals surface area contributed by atoms with Gasteiger partial charge in [-0.1, -0.05) is 29.8 Å². The number of hydrogen-bond donors (Lipinski definition) is 1. The van der Waals surface area contributed by atoms with Crippen molar-refractivity contribution in [2.75, 3.05) is 12.4 Å². The Bertz CT molecular complexity index is 525. The minimum Gasteiger partial charge on any atom is -0.480 e. The normalized spacial score (nSPS) is 11.9. The molecule has 3 heteroatoms. The topological polar surface area (TPSA) is 34.1 Å². The van der Waals surface area contributed by atoms with Gasteiger partial charge in [0, 0.05) is 12.2 Å². The summed E-state index contributed by atoms with van der Waals surface area (Å²) < 4.78 is 5.23. The number of nitrogens with zero attached hydrogens (tertiary/aromatic N) is 1. The molecule has 0 aliphatic carbocycles. The van der Waals surface area contributed by atoms with E-state index in [1.54, 1.807) is 13.3 Å². The molecule has 1 N–H and O–H groups in total. The van der Waals surface area contributed by atoms with Gasteiger partial charge >= 0.3 is 0 Å². The number of anilines is 1. The first-order chi connectivity index (χ1) is 8.70. The average Bonchev–Trinajstić information content (AvgIpc) is 2.39. The molecule has 0 amide bonds. The Kier molecular flexibility index (Phi) is 3.82. The van der Waals surface area contributed by atoms with Crippen LogP contribution in [0.15, 0.2) is 42.6 Å². The van der Waals surface area contributed by atoms with Gasteiger partial charge in [-0.2, -0.15) is 0 Å². The molecule has 2 aromatic rings. The molecule has 1 aromatic carbocycles. The lowest BCUT2D eigenvalue weighted by atomic mass is 10.1. The van der Waals surface area contributed by atoms with E-state index in [9.17, 15) is 0 Å². The summed E-state index contributed by atoms with van der Waals surface area (Å²) in [6.45, 7) is 4.22. The fraction of sp³-hybridized carbons (Fsp3) is 0.267. The second-order valence-electron chi connectivity index (χ2n) is 4.34. The number of pyridine rings is 1. The largest absolute Gasteiger partial charge is 0.480 e. The van der Waals surface area contributed by atoms with Gasteiger partial charge in [0.1, 0.15) is 0 Å². The van der Waals surface area contributed by atoms with Crippen LogP contribution in [0.3, 0.4) is 0 Å². The summed E-state index contributed by atoms with van der Waals surface area (Å²) in [5, 5.41) is 3.42. The molecule has 1 unspecified atom stereocenters. The van der Waals surface area contributed by atoms with Crippen molar-refractivity contribution < 1.29 is 4.74 Å². The molecule has 1 heterocycles. The van der Waals surface area contributed by atoms with E-state index < -0.39 is 0 Å². The number of nitrogens with one attached hydrogen (secondary N) is 1. The third kappa shape index (κ3) is 2.80. The summed E-state index contributed by atoms with van der Waals surface area (Å²) in [4.78, 5) is 4.18. The Morgan fingerprint density at radius 3 is 2.78 bits per heavy atom. The molecule has 0 aliphatic heterocycles. The second kappa shape index (κ2) is 5.54. The van der Waals surface area contributed by atoms with Crippen molar-refractivity contribution in [2.24, 2.45) is 0 Å². The Hall–Kier alpha value is -2.03. The van der Waals surface area contributed by atoms with E-state index in [0.29, 0.717) is 5.88 Å². The van der Waals surface area contributed by atoms with Crippen LogP contribution in [0.4, 0.5) is 5.69 Å². The van der Waals surface area contributed by atoms with Crippen LogP contribution in [-0.4, -0.2) is 12.1 Å². The third-order valence-corrected chi connectivity index (χ3v) is 2.88. The number of ether oxygens (including phenoxy) is 1. The van der Waals surface area contributed by atoms with Gasteiger partial charge in [-0.25, -0.2) is 4.98 Å². The highest BCUT2D eigenvalue weighted by atomic mass is 16.5. The SMILES string of the molecule is COc1ncccc1NC(C)c1cccc(C)c1. The van der Waals surface area contributed by atoms with Crippen molar-refractivity contribution in [3.8, 4) is 5.88 Å². The number of methoxy groups -OCH3 is 1. The average molecular weight is 242 g/mol. The van der Waals surface area contributed by atoms with Gasteiger partial charge in [-0.3, -0.25) is 0 Å². The Balaban J connectivity index is 2.18. The van der Waals surface area contributed by atoms with Gasteiger partial charge in [0.2, 0.25) is 5.88 Å². The van der Waals surface area contributed by atoms with Crippen molar-refractivity contribution in [2.45, 2.75) is 19.9 Å². The van der Waals surface area contributed by atoms with Crippen molar-refractivity contribution in [1.82, 2.24) is 4.98 Å². The molecule has 0 bridgehead atoms. The zero-order valence-electron chi connectivity index (χ0n) is 11.0. The Morgan fingerprint density at radius 2 is 2.06 bits per heavy atom. The molecule has 1 atom stereocenters. The summed E-state index contributed by atoms with van der Waals surface area (Å²) >= 11 is 0. The highest BCUT2D eigenvalue weighted by molar-refractivity contribution is 5.53. The van der Waals surface area contributed by atoms with E-state index in [-0.39, 0.29) is 6.04 Å². The van der Waals surface area contributed by atoms with Crippen molar-refractivity contribution in [3.05, 3.63) is 53.7 Å². The Morgan fingerprint density at radius 1 is 1.22 bits per heavy atom. The van der Waals surface area contributed by atoms with E-state index in [0.717, 1.165) is 5.69 Å². The first kappa shape index (κ1) is 12.4. The van der Waals surface area contributed by atoms with Gasteiger partial charge in [0.25, 0.3) is 0 Å². The minimum absolute atomic E-state index is 0.211. The number of rotatable bonds is 4. The van der Waals surface area contributed by atoms with Crippen molar-refractivity contribution in [1.29, 1.82) is 0 Å². The van der Waals surface area contributed by atoms with E-state index in [2.05, 4.69) is 48.4 Å². The first-order valence-electron chi connectivity index (χ1n) is 6.03. The number of aryl methyl sites for hydroxylation is 1. The monoisotopic (exact) mass is 242 g/mol. The summed E-state index contributed by atoms with van der Waals surface area (Å²) in [5.74, 6) is 0.622. The van der Waals surface area contributed by atoms with Crippen LogP contribution in [0.2, 0.25) is 0 Å². The quantitative estimate of drug-likeness (QED) is 0.890. The van der Waals surface area contributed by atoms with Gasteiger partial charge in [-0.15, -0.1) is 0 Å². The third-order valence-electron chi connectivity index (χ3n) is 2.88. The lowest BCUT2D eigenvalue weighted by Crippen LogP contribution is -2.08. The van der Waals surface area contributed by atoms with Crippen LogP contribution in [0.25, 0.3) is 0 Å².